The highest BCUT2D eigenvalue weighted by Crippen LogP contribution is 2.25. The van der Waals surface area contributed by atoms with E-state index in [0.29, 0.717) is 17.5 Å². The second-order valence-corrected chi connectivity index (χ2v) is 5.34. The largest absolute Gasteiger partial charge is 0.338 e. The lowest BCUT2D eigenvalue weighted by molar-refractivity contribution is 0.429. The lowest BCUT2D eigenvalue weighted by Crippen LogP contribution is -2.18. The fraction of sp³-hybridized carbons (Fsp3) is 0.545. The Kier molecular flexibility index (Phi) is 3.00. The summed E-state index contributed by atoms with van der Waals surface area (Å²) in [7, 11) is 0. The van der Waals surface area contributed by atoms with Gasteiger partial charge in [-0.05, 0) is 24.9 Å². The van der Waals surface area contributed by atoms with Crippen LogP contribution in [-0.2, 0) is 0 Å². The number of aromatic nitrogens is 3. The molecule has 2 N–H and O–H groups in total. The van der Waals surface area contributed by atoms with Gasteiger partial charge in [-0.2, -0.15) is 4.98 Å². The van der Waals surface area contributed by atoms with Crippen LogP contribution < -0.4 is 10.6 Å². The minimum atomic E-state index is -0.0651. The second-order valence-electron chi connectivity index (χ2n) is 4.45. The van der Waals surface area contributed by atoms with E-state index in [-0.39, 0.29) is 6.04 Å². The molecule has 6 nitrogen and oxygen atoms in total. The number of nitrogens with zero attached hydrogens (tertiary/aromatic N) is 4. The summed E-state index contributed by atoms with van der Waals surface area (Å²) < 4.78 is 5.26. The normalized spacial score (nSPS) is 17.3. The number of rotatable bonds is 3. The SMILES string of the molecule is CC(N)c1nc(-c2nc(N3CCCC3)no2)cs1. The maximum atomic E-state index is 5.78. The number of nitrogens with two attached hydrogens (primary N) is 1. The van der Waals surface area contributed by atoms with Gasteiger partial charge in [-0.15, -0.1) is 11.3 Å². The summed E-state index contributed by atoms with van der Waals surface area (Å²) in [4.78, 5) is 10.9. The molecule has 1 atom stereocenters. The zero-order valence-corrected chi connectivity index (χ0v) is 11.0. The van der Waals surface area contributed by atoms with Gasteiger partial charge in [-0.1, -0.05) is 0 Å². The van der Waals surface area contributed by atoms with Crippen LogP contribution in [0, 0.1) is 0 Å². The Balaban J connectivity index is 1.83. The summed E-state index contributed by atoms with van der Waals surface area (Å²) in [6.07, 6.45) is 2.38. The van der Waals surface area contributed by atoms with Crippen LogP contribution in [0.25, 0.3) is 11.6 Å². The molecule has 1 aliphatic rings. The molecule has 7 heteroatoms. The predicted molar refractivity (Wildman–Crippen MR) is 69.5 cm³/mol. The fourth-order valence-corrected chi connectivity index (χ4v) is 2.71. The maximum absolute atomic E-state index is 5.78. The molecule has 3 rings (SSSR count). The first-order chi connectivity index (χ1) is 8.74. The van der Waals surface area contributed by atoms with E-state index in [1.807, 2.05) is 12.3 Å². The molecule has 1 aliphatic heterocycles. The molecule has 0 spiro atoms. The van der Waals surface area contributed by atoms with E-state index in [1.165, 1.54) is 24.2 Å². The van der Waals surface area contributed by atoms with Gasteiger partial charge in [0.25, 0.3) is 11.8 Å². The zero-order chi connectivity index (χ0) is 12.5. The minimum absolute atomic E-state index is 0.0651. The third-order valence-corrected chi connectivity index (χ3v) is 3.98. The van der Waals surface area contributed by atoms with Gasteiger partial charge in [-0.25, -0.2) is 4.98 Å². The first-order valence-corrected chi connectivity index (χ1v) is 6.92. The molecule has 0 amide bonds. The van der Waals surface area contributed by atoms with Crippen LogP contribution in [0.5, 0.6) is 0 Å². The molecular formula is C11H15N5OS. The Morgan fingerprint density at radius 2 is 2.17 bits per heavy atom. The quantitative estimate of drug-likeness (QED) is 0.911. The van der Waals surface area contributed by atoms with Gasteiger partial charge in [0.1, 0.15) is 10.7 Å². The third-order valence-electron chi connectivity index (χ3n) is 2.93. The Morgan fingerprint density at radius 1 is 1.39 bits per heavy atom. The Labute approximate surface area is 109 Å². The van der Waals surface area contributed by atoms with Crippen molar-refractivity contribution < 1.29 is 4.52 Å². The van der Waals surface area contributed by atoms with Crippen molar-refractivity contribution >= 4 is 17.3 Å². The van der Waals surface area contributed by atoms with Crippen molar-refractivity contribution in [3.8, 4) is 11.6 Å². The Bertz CT molecular complexity index is 529. The number of anilines is 1. The molecule has 2 aromatic rings. The van der Waals surface area contributed by atoms with E-state index in [2.05, 4.69) is 20.0 Å². The summed E-state index contributed by atoms with van der Waals surface area (Å²) in [5.41, 5.74) is 6.50. The molecule has 18 heavy (non-hydrogen) atoms. The van der Waals surface area contributed by atoms with Crippen LogP contribution in [-0.4, -0.2) is 28.2 Å². The molecule has 3 heterocycles. The van der Waals surface area contributed by atoms with E-state index in [4.69, 9.17) is 10.3 Å². The van der Waals surface area contributed by atoms with Crippen LogP contribution in [0.3, 0.4) is 0 Å². The Hall–Kier alpha value is -1.47. The van der Waals surface area contributed by atoms with Gasteiger partial charge in [0.15, 0.2) is 0 Å². The summed E-state index contributed by atoms with van der Waals surface area (Å²) in [5.74, 6) is 1.14. The van der Waals surface area contributed by atoms with Crippen molar-refractivity contribution in [2.24, 2.45) is 5.73 Å². The van der Waals surface area contributed by atoms with Crippen molar-refractivity contribution in [2.45, 2.75) is 25.8 Å². The Morgan fingerprint density at radius 3 is 2.83 bits per heavy atom. The van der Waals surface area contributed by atoms with Crippen molar-refractivity contribution in [1.29, 1.82) is 0 Å². The standard InChI is InChI=1S/C11H15N5OS/c1-7(12)10-13-8(6-18-10)9-14-11(15-17-9)16-4-2-3-5-16/h6-7H,2-5,12H2,1H3. The van der Waals surface area contributed by atoms with Crippen LogP contribution in [0.15, 0.2) is 9.90 Å². The molecule has 0 aromatic carbocycles. The van der Waals surface area contributed by atoms with Gasteiger partial charge in [0.05, 0.1) is 6.04 Å². The summed E-state index contributed by atoms with van der Waals surface area (Å²) in [5, 5.41) is 6.79. The van der Waals surface area contributed by atoms with Gasteiger partial charge < -0.3 is 15.2 Å². The van der Waals surface area contributed by atoms with E-state index in [0.717, 1.165) is 18.1 Å². The van der Waals surface area contributed by atoms with E-state index in [9.17, 15) is 0 Å². The van der Waals surface area contributed by atoms with Crippen LogP contribution in [0.4, 0.5) is 5.95 Å². The van der Waals surface area contributed by atoms with E-state index < -0.39 is 0 Å². The van der Waals surface area contributed by atoms with Crippen molar-refractivity contribution in [3.63, 3.8) is 0 Å². The molecule has 1 saturated heterocycles. The smallest absolute Gasteiger partial charge is 0.278 e. The van der Waals surface area contributed by atoms with Crippen LogP contribution in [0.1, 0.15) is 30.8 Å². The minimum Gasteiger partial charge on any atom is -0.338 e. The average molecular weight is 265 g/mol. The van der Waals surface area contributed by atoms with Gasteiger partial charge in [0.2, 0.25) is 0 Å². The van der Waals surface area contributed by atoms with E-state index >= 15 is 0 Å². The molecule has 0 saturated carbocycles. The summed E-state index contributed by atoms with van der Waals surface area (Å²) in [6.45, 7) is 3.91. The average Bonchev–Trinajstić information content (AvgIpc) is 3.10. The molecule has 2 aromatic heterocycles. The summed E-state index contributed by atoms with van der Waals surface area (Å²) >= 11 is 1.52. The van der Waals surface area contributed by atoms with Crippen LogP contribution in [0.2, 0.25) is 0 Å². The monoisotopic (exact) mass is 265 g/mol. The zero-order valence-electron chi connectivity index (χ0n) is 10.2. The number of hydrogen-bond donors (Lipinski definition) is 1. The van der Waals surface area contributed by atoms with Crippen molar-refractivity contribution in [1.82, 2.24) is 15.1 Å². The van der Waals surface area contributed by atoms with Crippen LogP contribution >= 0.6 is 11.3 Å². The van der Waals surface area contributed by atoms with Gasteiger partial charge in [-0.3, -0.25) is 0 Å². The number of thiazole rings is 1. The van der Waals surface area contributed by atoms with Gasteiger partial charge >= 0.3 is 0 Å². The molecule has 0 bridgehead atoms. The second kappa shape index (κ2) is 4.66. The summed E-state index contributed by atoms with van der Waals surface area (Å²) in [6, 6.07) is -0.0651. The molecule has 0 aliphatic carbocycles. The van der Waals surface area contributed by atoms with Gasteiger partial charge in [0, 0.05) is 18.5 Å². The van der Waals surface area contributed by atoms with E-state index in [1.54, 1.807) is 0 Å². The first kappa shape index (κ1) is 11.6. The fourth-order valence-electron chi connectivity index (χ4n) is 1.96. The lowest BCUT2D eigenvalue weighted by atomic mass is 10.4. The molecule has 1 fully saturated rings. The number of hydrogen-bond acceptors (Lipinski definition) is 7. The predicted octanol–water partition coefficient (Wildman–Crippen LogP) is 1.81. The van der Waals surface area contributed by atoms with Crippen molar-refractivity contribution in [2.75, 3.05) is 18.0 Å². The molecular weight excluding hydrogens is 250 g/mol. The highest BCUT2D eigenvalue weighted by atomic mass is 32.1. The maximum Gasteiger partial charge on any atom is 0.278 e. The highest BCUT2D eigenvalue weighted by Gasteiger charge is 2.20. The van der Waals surface area contributed by atoms with Crippen molar-refractivity contribution in [3.05, 3.63) is 10.4 Å². The first-order valence-electron chi connectivity index (χ1n) is 6.04. The molecule has 1 unspecified atom stereocenters. The highest BCUT2D eigenvalue weighted by molar-refractivity contribution is 7.10. The molecule has 96 valence electrons. The topological polar surface area (TPSA) is 81.1 Å². The third kappa shape index (κ3) is 2.11. The molecule has 0 radical (unpaired) electrons. The lowest BCUT2D eigenvalue weighted by Gasteiger charge is -2.09.